The summed E-state index contributed by atoms with van der Waals surface area (Å²) >= 11 is 0. The molecule has 1 unspecified atom stereocenters. The first-order chi connectivity index (χ1) is 6.68. The Kier molecular flexibility index (Phi) is 2.33. The molecule has 0 bridgehead atoms. The fourth-order valence-electron chi connectivity index (χ4n) is 1.80. The molecule has 2 heterocycles. The van der Waals surface area contributed by atoms with Gasteiger partial charge in [-0.2, -0.15) is 0 Å². The Morgan fingerprint density at radius 1 is 1.50 bits per heavy atom. The lowest BCUT2D eigenvalue weighted by Gasteiger charge is -2.22. The zero-order valence-corrected chi connectivity index (χ0v) is 8.37. The van der Waals surface area contributed by atoms with Crippen molar-refractivity contribution in [1.82, 2.24) is 5.32 Å². The summed E-state index contributed by atoms with van der Waals surface area (Å²) in [6.45, 7) is 3.67. The number of aryl methyl sites for hydroxylation is 1. The number of rotatable bonds is 2. The van der Waals surface area contributed by atoms with Crippen LogP contribution in [0, 0.1) is 6.92 Å². The smallest absolute Gasteiger partial charge is 0.394 e. The summed E-state index contributed by atoms with van der Waals surface area (Å²) in [5.74, 6) is 0.461. The van der Waals surface area contributed by atoms with Gasteiger partial charge in [-0.05, 0) is 19.9 Å². The van der Waals surface area contributed by atoms with Crippen LogP contribution in [0.2, 0.25) is 0 Å². The van der Waals surface area contributed by atoms with E-state index in [4.69, 9.17) is 8.83 Å². The van der Waals surface area contributed by atoms with Crippen molar-refractivity contribution in [3.63, 3.8) is 0 Å². The average Bonchev–Trinajstić information content (AvgIpc) is 2.73. The van der Waals surface area contributed by atoms with Crippen LogP contribution in [-0.2, 0) is 0 Å². The molecular formula is C9H14N2O3. The van der Waals surface area contributed by atoms with Gasteiger partial charge < -0.3 is 19.1 Å². The van der Waals surface area contributed by atoms with Crippen LogP contribution in [-0.4, -0.2) is 26.2 Å². The lowest BCUT2D eigenvalue weighted by molar-refractivity contribution is 0.377. The van der Waals surface area contributed by atoms with Crippen molar-refractivity contribution >= 4 is 5.88 Å². The molecule has 1 aromatic heterocycles. The SMILES string of the molecule is Cc1oc(=O)oc1N(C)C1CCNC1. The molecular weight excluding hydrogens is 184 g/mol. The molecule has 1 aliphatic rings. The van der Waals surface area contributed by atoms with Gasteiger partial charge in [0, 0.05) is 19.6 Å². The molecule has 1 aromatic rings. The first kappa shape index (κ1) is 9.33. The van der Waals surface area contributed by atoms with Crippen LogP contribution in [0.5, 0.6) is 0 Å². The third-order valence-electron chi connectivity index (χ3n) is 2.62. The van der Waals surface area contributed by atoms with Gasteiger partial charge in [0.1, 0.15) is 0 Å². The second-order valence-electron chi connectivity index (χ2n) is 3.57. The van der Waals surface area contributed by atoms with Crippen molar-refractivity contribution in [3.05, 3.63) is 16.4 Å². The minimum Gasteiger partial charge on any atom is -0.394 e. The minimum atomic E-state index is -0.629. The summed E-state index contributed by atoms with van der Waals surface area (Å²) in [7, 11) is 1.92. The zero-order valence-electron chi connectivity index (χ0n) is 8.37. The third kappa shape index (κ3) is 1.55. The Balaban J connectivity index is 2.21. The van der Waals surface area contributed by atoms with E-state index in [9.17, 15) is 4.79 Å². The van der Waals surface area contributed by atoms with E-state index >= 15 is 0 Å². The van der Waals surface area contributed by atoms with Gasteiger partial charge in [0.25, 0.3) is 0 Å². The molecule has 1 atom stereocenters. The number of nitrogens with zero attached hydrogens (tertiary/aromatic N) is 1. The van der Waals surface area contributed by atoms with Gasteiger partial charge in [-0.15, -0.1) is 0 Å². The topological polar surface area (TPSA) is 58.6 Å². The first-order valence-corrected chi connectivity index (χ1v) is 4.72. The molecule has 2 rings (SSSR count). The molecule has 1 fully saturated rings. The van der Waals surface area contributed by atoms with Gasteiger partial charge in [-0.3, -0.25) is 0 Å². The van der Waals surface area contributed by atoms with Gasteiger partial charge in [0.05, 0.1) is 0 Å². The highest BCUT2D eigenvalue weighted by Gasteiger charge is 2.24. The van der Waals surface area contributed by atoms with Gasteiger partial charge >= 0.3 is 5.82 Å². The monoisotopic (exact) mass is 198 g/mol. The molecule has 1 N–H and O–H groups in total. The van der Waals surface area contributed by atoms with Crippen LogP contribution in [0.15, 0.2) is 13.6 Å². The van der Waals surface area contributed by atoms with Gasteiger partial charge in [-0.25, -0.2) is 4.79 Å². The highest BCUT2D eigenvalue weighted by molar-refractivity contribution is 5.38. The number of hydrogen-bond donors (Lipinski definition) is 1. The quantitative estimate of drug-likeness (QED) is 0.742. The van der Waals surface area contributed by atoms with Gasteiger partial charge in [0.15, 0.2) is 5.76 Å². The highest BCUT2D eigenvalue weighted by atomic mass is 16.6. The van der Waals surface area contributed by atoms with Crippen molar-refractivity contribution in [1.29, 1.82) is 0 Å². The Labute approximate surface area is 81.7 Å². The predicted molar refractivity (Wildman–Crippen MR) is 51.7 cm³/mol. The molecule has 0 amide bonds. The second-order valence-corrected chi connectivity index (χ2v) is 3.57. The predicted octanol–water partition coefficient (Wildman–Crippen LogP) is 0.339. The molecule has 14 heavy (non-hydrogen) atoms. The molecule has 1 saturated heterocycles. The Hall–Kier alpha value is -1.23. The third-order valence-corrected chi connectivity index (χ3v) is 2.62. The number of hydrogen-bond acceptors (Lipinski definition) is 5. The second kappa shape index (κ2) is 3.49. The van der Waals surface area contributed by atoms with E-state index in [0.29, 0.717) is 17.7 Å². The highest BCUT2D eigenvalue weighted by Crippen LogP contribution is 2.21. The summed E-state index contributed by atoms with van der Waals surface area (Å²) in [5, 5.41) is 3.26. The molecule has 0 saturated carbocycles. The van der Waals surface area contributed by atoms with E-state index in [1.807, 2.05) is 11.9 Å². The van der Waals surface area contributed by atoms with Crippen LogP contribution < -0.4 is 16.0 Å². The average molecular weight is 198 g/mol. The number of anilines is 1. The molecule has 0 radical (unpaired) electrons. The van der Waals surface area contributed by atoms with E-state index < -0.39 is 5.82 Å². The summed E-state index contributed by atoms with van der Waals surface area (Å²) in [6, 6.07) is 0.384. The fourth-order valence-corrected chi connectivity index (χ4v) is 1.80. The maximum absolute atomic E-state index is 10.9. The van der Waals surface area contributed by atoms with Crippen LogP contribution >= 0.6 is 0 Å². The van der Waals surface area contributed by atoms with Gasteiger partial charge in [0.2, 0.25) is 5.88 Å². The van der Waals surface area contributed by atoms with E-state index in [1.54, 1.807) is 6.92 Å². The Bertz CT molecular complexity index is 362. The molecule has 0 spiro atoms. The summed E-state index contributed by atoms with van der Waals surface area (Å²) in [4.78, 5) is 12.8. The Morgan fingerprint density at radius 2 is 2.29 bits per heavy atom. The van der Waals surface area contributed by atoms with Crippen LogP contribution in [0.1, 0.15) is 12.2 Å². The summed E-state index contributed by atoms with van der Waals surface area (Å²) < 4.78 is 9.78. The van der Waals surface area contributed by atoms with Gasteiger partial charge in [-0.1, -0.05) is 0 Å². The van der Waals surface area contributed by atoms with Crippen molar-refractivity contribution in [2.45, 2.75) is 19.4 Å². The lowest BCUT2D eigenvalue weighted by Crippen LogP contribution is -2.33. The standard InChI is InChI=1S/C9H14N2O3/c1-6-8(14-9(12)13-6)11(2)7-3-4-10-5-7/h7,10H,3-5H2,1-2H3. The van der Waals surface area contributed by atoms with Crippen molar-refractivity contribution in [3.8, 4) is 0 Å². The van der Waals surface area contributed by atoms with E-state index in [-0.39, 0.29) is 0 Å². The molecule has 0 aromatic carbocycles. The van der Waals surface area contributed by atoms with E-state index in [2.05, 4.69) is 5.32 Å². The number of nitrogens with one attached hydrogen (secondary N) is 1. The van der Waals surface area contributed by atoms with Crippen molar-refractivity contribution < 1.29 is 8.83 Å². The minimum absolute atomic E-state index is 0.384. The largest absolute Gasteiger partial charge is 0.520 e. The number of likely N-dealkylation sites (N-methyl/N-ethyl adjacent to an activating group) is 1. The molecule has 0 aliphatic carbocycles. The lowest BCUT2D eigenvalue weighted by atomic mass is 10.2. The van der Waals surface area contributed by atoms with Crippen molar-refractivity contribution in [2.75, 3.05) is 25.0 Å². The maximum atomic E-state index is 10.9. The molecule has 5 heteroatoms. The molecule has 78 valence electrons. The molecule has 5 nitrogen and oxygen atoms in total. The van der Waals surface area contributed by atoms with E-state index in [1.165, 1.54) is 0 Å². The summed E-state index contributed by atoms with van der Waals surface area (Å²) in [5.41, 5.74) is 0. The zero-order chi connectivity index (χ0) is 10.1. The normalized spacial score (nSPS) is 21.4. The van der Waals surface area contributed by atoms with Crippen LogP contribution in [0.3, 0.4) is 0 Å². The van der Waals surface area contributed by atoms with Crippen LogP contribution in [0.25, 0.3) is 0 Å². The van der Waals surface area contributed by atoms with Crippen LogP contribution in [0.4, 0.5) is 5.88 Å². The fraction of sp³-hybridized carbons (Fsp3) is 0.667. The van der Waals surface area contributed by atoms with E-state index in [0.717, 1.165) is 19.5 Å². The van der Waals surface area contributed by atoms with Crippen molar-refractivity contribution in [2.24, 2.45) is 0 Å². The Morgan fingerprint density at radius 3 is 2.79 bits per heavy atom. The maximum Gasteiger partial charge on any atom is 0.520 e. The summed E-state index contributed by atoms with van der Waals surface area (Å²) in [6.07, 6.45) is 1.06. The molecule has 1 aliphatic heterocycles. The first-order valence-electron chi connectivity index (χ1n) is 4.72.